The smallest absolute Gasteiger partial charge is 0.418 e. The minimum atomic E-state index is -1.23. The van der Waals surface area contributed by atoms with Crippen LogP contribution < -0.4 is 0 Å². The van der Waals surface area contributed by atoms with Crippen LogP contribution in [0, 0.1) is 0 Å². The lowest BCUT2D eigenvalue weighted by Gasteiger charge is -2.31. The van der Waals surface area contributed by atoms with Crippen molar-refractivity contribution in [3.8, 4) is 0 Å². The van der Waals surface area contributed by atoms with Crippen LogP contribution in [0.5, 0.6) is 0 Å². The van der Waals surface area contributed by atoms with E-state index >= 15 is 0 Å². The Balaban J connectivity index is 2.27. The Morgan fingerprint density at radius 2 is 1.88 bits per heavy atom. The predicted molar refractivity (Wildman–Crippen MR) is 89.3 cm³/mol. The van der Waals surface area contributed by atoms with Crippen LogP contribution in [0.4, 0.5) is 4.79 Å². The molecule has 2 atom stereocenters. The van der Waals surface area contributed by atoms with Crippen molar-refractivity contribution in [3.05, 3.63) is 23.5 Å². The van der Waals surface area contributed by atoms with Gasteiger partial charge in [0, 0.05) is 19.1 Å². The predicted octanol–water partition coefficient (Wildman–Crippen LogP) is 3.18. The first-order valence-corrected chi connectivity index (χ1v) is 8.05. The molecule has 0 saturated carbocycles. The summed E-state index contributed by atoms with van der Waals surface area (Å²) in [7, 11) is 3.22. The van der Waals surface area contributed by atoms with Gasteiger partial charge in [0.2, 0.25) is 0 Å². The van der Waals surface area contributed by atoms with Crippen LogP contribution in [0.2, 0.25) is 0 Å². The molecular formula is C18H27NO5. The number of carbonyl (C=O) groups excluding carboxylic acids is 2. The van der Waals surface area contributed by atoms with Crippen molar-refractivity contribution in [1.29, 1.82) is 0 Å². The molecular weight excluding hydrogens is 310 g/mol. The van der Waals surface area contributed by atoms with Crippen molar-refractivity contribution in [2.24, 2.45) is 0 Å². The van der Waals surface area contributed by atoms with Crippen molar-refractivity contribution in [2.75, 3.05) is 14.2 Å². The van der Waals surface area contributed by atoms with Crippen molar-refractivity contribution < 1.29 is 23.8 Å². The van der Waals surface area contributed by atoms with Gasteiger partial charge in [-0.2, -0.15) is 0 Å². The monoisotopic (exact) mass is 337 g/mol. The summed E-state index contributed by atoms with van der Waals surface area (Å²) in [6.07, 6.45) is 4.20. The van der Waals surface area contributed by atoms with Crippen LogP contribution in [-0.4, -0.2) is 47.9 Å². The third-order valence-electron chi connectivity index (χ3n) is 4.54. The van der Waals surface area contributed by atoms with Crippen LogP contribution in [0.25, 0.3) is 0 Å². The van der Waals surface area contributed by atoms with Gasteiger partial charge < -0.3 is 14.2 Å². The summed E-state index contributed by atoms with van der Waals surface area (Å²) in [6, 6.07) is 0. The Bertz CT molecular complexity index is 615. The lowest BCUT2D eigenvalue weighted by atomic mass is 9.86. The summed E-state index contributed by atoms with van der Waals surface area (Å²) in [4.78, 5) is 26.2. The maximum absolute atomic E-state index is 12.8. The number of nitrogens with zero attached hydrogens (tertiary/aromatic N) is 1. The second-order valence-electron chi connectivity index (χ2n) is 7.75. The van der Waals surface area contributed by atoms with Crippen molar-refractivity contribution in [3.63, 3.8) is 0 Å². The third-order valence-corrected chi connectivity index (χ3v) is 4.54. The van der Waals surface area contributed by atoms with Gasteiger partial charge in [-0.25, -0.2) is 9.69 Å². The number of imide groups is 1. The molecule has 1 heterocycles. The molecule has 0 spiro atoms. The molecule has 2 rings (SSSR count). The quantitative estimate of drug-likeness (QED) is 0.788. The number of cyclic esters (lactones) is 1. The summed E-state index contributed by atoms with van der Waals surface area (Å²) in [6.45, 7) is 9.03. The molecule has 6 nitrogen and oxygen atoms in total. The van der Waals surface area contributed by atoms with E-state index in [0.717, 1.165) is 5.57 Å². The highest BCUT2D eigenvalue weighted by molar-refractivity contribution is 6.03. The van der Waals surface area contributed by atoms with Crippen LogP contribution in [0.3, 0.4) is 0 Å². The van der Waals surface area contributed by atoms with Gasteiger partial charge in [-0.15, -0.1) is 0 Å². The SMILES string of the molecule is COC1=CC(C)(OC)CC=C1CC1(C)OC(=O)N(C(C)(C)C)C1=O. The first-order chi connectivity index (χ1) is 11.0. The number of ether oxygens (including phenoxy) is 3. The molecule has 2 aliphatic rings. The Hall–Kier alpha value is -1.82. The van der Waals surface area contributed by atoms with E-state index in [1.54, 1.807) is 21.1 Å². The molecule has 0 aromatic rings. The van der Waals surface area contributed by atoms with Crippen LogP contribution in [-0.2, 0) is 19.0 Å². The number of allylic oxidation sites excluding steroid dienone is 1. The molecule has 0 N–H and O–H groups in total. The fourth-order valence-electron chi connectivity index (χ4n) is 3.00. The minimum Gasteiger partial charge on any atom is -0.497 e. The molecule has 0 radical (unpaired) electrons. The maximum Gasteiger partial charge on any atom is 0.418 e. The van der Waals surface area contributed by atoms with E-state index < -0.39 is 22.8 Å². The summed E-state index contributed by atoms with van der Waals surface area (Å²) in [5.41, 5.74) is -1.45. The molecule has 0 aromatic heterocycles. The van der Waals surface area contributed by atoms with Gasteiger partial charge in [-0.3, -0.25) is 4.79 Å². The molecule has 2 unspecified atom stereocenters. The molecule has 2 amide bonds. The second kappa shape index (κ2) is 5.92. The Labute approximate surface area is 143 Å². The van der Waals surface area contributed by atoms with Crippen molar-refractivity contribution in [1.82, 2.24) is 4.90 Å². The fourth-order valence-corrected chi connectivity index (χ4v) is 3.00. The highest BCUT2D eigenvalue weighted by Crippen LogP contribution is 2.39. The van der Waals surface area contributed by atoms with Crippen molar-refractivity contribution >= 4 is 12.0 Å². The zero-order chi connectivity index (χ0) is 18.3. The molecule has 1 fully saturated rings. The van der Waals surface area contributed by atoms with Gasteiger partial charge >= 0.3 is 6.09 Å². The number of carbonyl (C=O) groups is 2. The van der Waals surface area contributed by atoms with E-state index in [4.69, 9.17) is 14.2 Å². The number of amides is 2. The summed E-state index contributed by atoms with van der Waals surface area (Å²) >= 11 is 0. The zero-order valence-corrected chi connectivity index (χ0v) is 15.6. The van der Waals surface area contributed by atoms with Crippen molar-refractivity contribution in [2.45, 2.75) is 64.2 Å². The van der Waals surface area contributed by atoms with E-state index in [2.05, 4.69) is 0 Å². The van der Waals surface area contributed by atoms with Gasteiger partial charge in [-0.1, -0.05) is 6.08 Å². The topological polar surface area (TPSA) is 65.1 Å². The molecule has 134 valence electrons. The molecule has 24 heavy (non-hydrogen) atoms. The first kappa shape index (κ1) is 18.5. The summed E-state index contributed by atoms with van der Waals surface area (Å²) in [5.74, 6) is 0.321. The third kappa shape index (κ3) is 3.20. The average Bonchev–Trinajstić information content (AvgIpc) is 2.70. The molecule has 1 saturated heterocycles. The molecule has 0 bridgehead atoms. The van der Waals surface area contributed by atoms with Gasteiger partial charge in [0.25, 0.3) is 5.91 Å². The minimum absolute atomic E-state index is 0.267. The van der Waals surface area contributed by atoms with E-state index in [0.29, 0.717) is 12.2 Å². The first-order valence-electron chi connectivity index (χ1n) is 8.05. The lowest BCUT2D eigenvalue weighted by Crippen LogP contribution is -2.48. The summed E-state index contributed by atoms with van der Waals surface area (Å²) < 4.78 is 16.4. The van der Waals surface area contributed by atoms with Gasteiger partial charge in [0.15, 0.2) is 5.60 Å². The van der Waals surface area contributed by atoms with E-state index in [9.17, 15) is 9.59 Å². The number of hydrogen-bond acceptors (Lipinski definition) is 5. The highest BCUT2D eigenvalue weighted by Gasteiger charge is 2.54. The molecule has 0 aromatic carbocycles. The number of methoxy groups -OCH3 is 2. The standard InChI is InChI=1S/C18H27NO5/c1-16(2,3)19-14(20)18(5,24-15(19)21)10-12-8-9-17(4,23-7)11-13(12)22-6/h8,11H,9-10H2,1-7H3. The zero-order valence-electron chi connectivity index (χ0n) is 15.6. The van der Waals surface area contributed by atoms with E-state index in [1.165, 1.54) is 4.90 Å². The Morgan fingerprint density at radius 3 is 2.33 bits per heavy atom. The fraction of sp³-hybridized carbons (Fsp3) is 0.667. The second-order valence-corrected chi connectivity index (χ2v) is 7.75. The van der Waals surface area contributed by atoms with Gasteiger partial charge in [-0.05, 0) is 52.7 Å². The Morgan fingerprint density at radius 1 is 1.25 bits per heavy atom. The van der Waals surface area contributed by atoms with Crippen LogP contribution in [0.1, 0.15) is 47.5 Å². The largest absolute Gasteiger partial charge is 0.497 e. The lowest BCUT2D eigenvalue weighted by molar-refractivity contribution is -0.138. The van der Waals surface area contributed by atoms with Gasteiger partial charge in [0.05, 0.1) is 12.7 Å². The van der Waals surface area contributed by atoms with Crippen LogP contribution >= 0.6 is 0 Å². The molecule has 1 aliphatic heterocycles. The Kier molecular flexibility index (Phi) is 4.57. The molecule has 6 heteroatoms. The molecule has 1 aliphatic carbocycles. The maximum atomic E-state index is 12.8. The average molecular weight is 337 g/mol. The number of rotatable bonds is 4. The van der Waals surface area contributed by atoms with E-state index in [-0.39, 0.29) is 12.3 Å². The van der Waals surface area contributed by atoms with Gasteiger partial charge in [0.1, 0.15) is 5.76 Å². The normalized spacial score (nSPS) is 30.9. The number of hydrogen-bond donors (Lipinski definition) is 0. The van der Waals surface area contributed by atoms with Crippen LogP contribution in [0.15, 0.2) is 23.5 Å². The van der Waals surface area contributed by atoms with E-state index in [1.807, 2.05) is 39.8 Å². The highest BCUT2D eigenvalue weighted by atomic mass is 16.6. The summed E-state index contributed by atoms with van der Waals surface area (Å²) in [5, 5.41) is 0.